The summed E-state index contributed by atoms with van der Waals surface area (Å²) in [6.07, 6.45) is 0. The molecule has 1 heterocycles. The Morgan fingerprint density at radius 3 is 2.61 bits per heavy atom. The zero-order chi connectivity index (χ0) is 17.2. The lowest BCUT2D eigenvalue weighted by molar-refractivity contribution is -0.133. The van der Waals surface area contributed by atoms with Crippen LogP contribution < -0.4 is 10.9 Å². The second kappa shape index (κ2) is 6.56. The number of aromatic nitrogens is 1. The molecule has 122 valence electrons. The first-order valence-electron chi connectivity index (χ1n) is 7.17. The van der Waals surface area contributed by atoms with E-state index in [9.17, 15) is 14.7 Å². The first-order valence-corrected chi connectivity index (χ1v) is 7.55. The van der Waals surface area contributed by atoms with Gasteiger partial charge >= 0.3 is 0 Å². The van der Waals surface area contributed by atoms with E-state index in [0.717, 1.165) is 5.56 Å². The molecule has 0 bridgehead atoms. The van der Waals surface area contributed by atoms with Gasteiger partial charge < -0.3 is 15.0 Å². The van der Waals surface area contributed by atoms with E-state index in [4.69, 9.17) is 11.6 Å². The molecule has 0 aliphatic carbocycles. The Bertz CT molecular complexity index is 797. The van der Waals surface area contributed by atoms with Gasteiger partial charge in [-0.25, -0.2) is 0 Å². The van der Waals surface area contributed by atoms with Crippen LogP contribution in [-0.4, -0.2) is 21.2 Å². The summed E-state index contributed by atoms with van der Waals surface area (Å²) in [6, 6.07) is 9.83. The normalized spacial score (nSPS) is 13.4. The maximum atomic E-state index is 12.4. The fourth-order valence-electron chi connectivity index (χ4n) is 2.23. The van der Waals surface area contributed by atoms with Crippen LogP contribution in [0.5, 0.6) is 0 Å². The Balaban J connectivity index is 2.22. The van der Waals surface area contributed by atoms with Crippen molar-refractivity contribution < 1.29 is 9.90 Å². The third kappa shape index (κ3) is 4.00. The molecule has 5 nitrogen and oxygen atoms in total. The van der Waals surface area contributed by atoms with Gasteiger partial charge in [0.15, 0.2) is 5.60 Å². The number of nitrogens with zero attached hydrogens (tertiary/aromatic N) is 1. The first-order chi connectivity index (χ1) is 10.7. The standard InChI is InChI=1S/C17H19ClN2O3/c1-11-9-13(18)7-8-14(11)19-16(22)17(3,23)10-20-12(2)5-4-6-15(20)21/h4-9,23H,10H2,1-3H3,(H,19,22). The zero-order valence-electron chi connectivity index (χ0n) is 13.3. The van der Waals surface area contributed by atoms with Gasteiger partial charge in [0.2, 0.25) is 0 Å². The third-order valence-corrected chi connectivity index (χ3v) is 3.89. The van der Waals surface area contributed by atoms with Crippen molar-refractivity contribution >= 4 is 23.2 Å². The van der Waals surface area contributed by atoms with Crippen LogP contribution in [0.25, 0.3) is 0 Å². The average molecular weight is 335 g/mol. The quantitative estimate of drug-likeness (QED) is 0.902. The summed E-state index contributed by atoms with van der Waals surface area (Å²) in [5.41, 5.74) is 0.0303. The van der Waals surface area contributed by atoms with Crippen molar-refractivity contribution in [2.24, 2.45) is 0 Å². The molecule has 1 unspecified atom stereocenters. The Morgan fingerprint density at radius 2 is 2.00 bits per heavy atom. The highest BCUT2D eigenvalue weighted by molar-refractivity contribution is 6.30. The number of carbonyl (C=O) groups is 1. The van der Waals surface area contributed by atoms with Crippen molar-refractivity contribution in [2.45, 2.75) is 32.9 Å². The number of hydrogen-bond donors (Lipinski definition) is 2. The summed E-state index contributed by atoms with van der Waals surface area (Å²) in [6.45, 7) is 4.81. The van der Waals surface area contributed by atoms with Gasteiger partial charge in [-0.3, -0.25) is 9.59 Å². The fraction of sp³-hybridized carbons (Fsp3) is 0.294. The van der Waals surface area contributed by atoms with Crippen molar-refractivity contribution in [1.29, 1.82) is 0 Å². The molecule has 1 atom stereocenters. The third-order valence-electron chi connectivity index (χ3n) is 3.66. The number of benzene rings is 1. The highest BCUT2D eigenvalue weighted by atomic mass is 35.5. The summed E-state index contributed by atoms with van der Waals surface area (Å²) >= 11 is 5.89. The summed E-state index contributed by atoms with van der Waals surface area (Å²) in [4.78, 5) is 24.3. The van der Waals surface area contributed by atoms with Gasteiger partial charge in [0.25, 0.3) is 11.5 Å². The van der Waals surface area contributed by atoms with Crippen molar-refractivity contribution in [3.05, 3.63) is 63.0 Å². The van der Waals surface area contributed by atoms with E-state index < -0.39 is 11.5 Å². The van der Waals surface area contributed by atoms with Crippen molar-refractivity contribution in [2.75, 3.05) is 5.32 Å². The topological polar surface area (TPSA) is 71.3 Å². The van der Waals surface area contributed by atoms with Crippen molar-refractivity contribution in [3.63, 3.8) is 0 Å². The molecular weight excluding hydrogens is 316 g/mol. The highest BCUT2D eigenvalue weighted by Crippen LogP contribution is 2.21. The van der Waals surface area contributed by atoms with Crippen LogP contribution in [0, 0.1) is 13.8 Å². The summed E-state index contributed by atoms with van der Waals surface area (Å²) in [5.74, 6) is -0.585. The van der Waals surface area contributed by atoms with Crippen LogP contribution in [-0.2, 0) is 11.3 Å². The molecule has 1 amide bonds. The molecule has 1 aromatic carbocycles. The number of anilines is 1. The number of rotatable bonds is 4. The van der Waals surface area contributed by atoms with Crippen molar-refractivity contribution in [3.8, 4) is 0 Å². The molecule has 0 radical (unpaired) electrons. The summed E-state index contributed by atoms with van der Waals surface area (Å²) < 4.78 is 1.37. The van der Waals surface area contributed by atoms with Gasteiger partial charge in [0.1, 0.15) is 0 Å². The molecule has 23 heavy (non-hydrogen) atoms. The lowest BCUT2D eigenvalue weighted by Gasteiger charge is -2.24. The zero-order valence-corrected chi connectivity index (χ0v) is 14.0. The lowest BCUT2D eigenvalue weighted by atomic mass is 10.0. The van der Waals surface area contributed by atoms with E-state index in [1.54, 1.807) is 37.3 Å². The molecule has 0 saturated carbocycles. The van der Waals surface area contributed by atoms with Gasteiger partial charge in [0, 0.05) is 22.5 Å². The van der Waals surface area contributed by atoms with E-state index in [1.807, 2.05) is 6.92 Å². The predicted molar refractivity (Wildman–Crippen MR) is 90.9 cm³/mol. The van der Waals surface area contributed by atoms with Crippen LogP contribution >= 0.6 is 11.6 Å². The SMILES string of the molecule is Cc1cc(Cl)ccc1NC(=O)C(C)(O)Cn1c(C)cccc1=O. The molecule has 2 N–H and O–H groups in total. The minimum atomic E-state index is -1.73. The van der Waals surface area contributed by atoms with E-state index in [-0.39, 0.29) is 12.1 Å². The monoisotopic (exact) mass is 334 g/mol. The van der Waals surface area contributed by atoms with E-state index in [2.05, 4.69) is 5.32 Å². The summed E-state index contributed by atoms with van der Waals surface area (Å²) in [7, 11) is 0. The second-order valence-electron chi connectivity index (χ2n) is 5.78. The number of hydrogen-bond acceptors (Lipinski definition) is 3. The maximum absolute atomic E-state index is 12.4. The first kappa shape index (κ1) is 17.2. The molecule has 0 fully saturated rings. The van der Waals surface area contributed by atoms with Gasteiger partial charge in [-0.15, -0.1) is 0 Å². The van der Waals surface area contributed by atoms with Gasteiger partial charge in [-0.05, 0) is 50.6 Å². The minimum Gasteiger partial charge on any atom is -0.378 e. The molecule has 2 rings (SSSR count). The van der Waals surface area contributed by atoms with E-state index in [1.165, 1.54) is 17.6 Å². The number of pyridine rings is 1. The number of amides is 1. The summed E-state index contributed by atoms with van der Waals surface area (Å²) in [5, 5.41) is 13.7. The van der Waals surface area contributed by atoms with Gasteiger partial charge in [-0.2, -0.15) is 0 Å². The molecule has 0 spiro atoms. The Hall–Kier alpha value is -2.11. The largest absolute Gasteiger partial charge is 0.378 e. The molecule has 0 saturated heterocycles. The average Bonchev–Trinajstić information content (AvgIpc) is 2.46. The Labute approximate surface area is 139 Å². The lowest BCUT2D eigenvalue weighted by Crippen LogP contribution is -2.46. The van der Waals surface area contributed by atoms with Crippen molar-refractivity contribution in [1.82, 2.24) is 4.57 Å². The van der Waals surface area contributed by atoms with Crippen LogP contribution in [0.3, 0.4) is 0 Å². The smallest absolute Gasteiger partial charge is 0.257 e. The number of carbonyl (C=O) groups excluding carboxylic acids is 1. The maximum Gasteiger partial charge on any atom is 0.257 e. The number of aliphatic hydroxyl groups is 1. The van der Waals surface area contributed by atoms with Gasteiger partial charge in [0.05, 0.1) is 6.54 Å². The Morgan fingerprint density at radius 1 is 1.30 bits per heavy atom. The number of aryl methyl sites for hydroxylation is 2. The molecule has 6 heteroatoms. The molecule has 0 aliphatic rings. The van der Waals surface area contributed by atoms with Gasteiger partial charge in [-0.1, -0.05) is 17.7 Å². The van der Waals surface area contributed by atoms with E-state index in [0.29, 0.717) is 16.4 Å². The minimum absolute atomic E-state index is 0.128. The molecular formula is C17H19ClN2O3. The Kier molecular flexibility index (Phi) is 4.92. The molecule has 1 aromatic heterocycles. The highest BCUT2D eigenvalue weighted by Gasteiger charge is 2.31. The van der Waals surface area contributed by atoms with Crippen LogP contribution in [0.2, 0.25) is 5.02 Å². The number of halogens is 1. The fourth-order valence-corrected chi connectivity index (χ4v) is 2.46. The van der Waals surface area contributed by atoms with Crippen LogP contribution in [0.15, 0.2) is 41.2 Å². The number of nitrogens with one attached hydrogen (secondary N) is 1. The van der Waals surface area contributed by atoms with E-state index >= 15 is 0 Å². The molecule has 2 aromatic rings. The second-order valence-corrected chi connectivity index (χ2v) is 6.22. The molecule has 0 aliphatic heterocycles. The van der Waals surface area contributed by atoms with Crippen LogP contribution in [0.1, 0.15) is 18.2 Å². The van der Waals surface area contributed by atoms with Crippen LogP contribution in [0.4, 0.5) is 5.69 Å². The predicted octanol–water partition coefficient (Wildman–Crippen LogP) is 2.51.